The lowest BCUT2D eigenvalue weighted by atomic mass is 10.0. The highest BCUT2D eigenvalue weighted by Crippen LogP contribution is 2.36. The Bertz CT molecular complexity index is 336. The van der Waals surface area contributed by atoms with Crippen LogP contribution in [0.5, 0.6) is 5.75 Å². The van der Waals surface area contributed by atoms with Gasteiger partial charge in [0.2, 0.25) is 0 Å². The van der Waals surface area contributed by atoms with Crippen LogP contribution in [0.15, 0.2) is 16.6 Å². The van der Waals surface area contributed by atoms with E-state index in [1.54, 1.807) is 12.1 Å². The highest BCUT2D eigenvalue weighted by Gasteiger charge is 2.16. The van der Waals surface area contributed by atoms with Crippen LogP contribution >= 0.6 is 28.3 Å². The molecule has 15 heavy (non-hydrogen) atoms. The summed E-state index contributed by atoms with van der Waals surface area (Å²) < 4.78 is 0.699. The number of halogens is 2. The fourth-order valence-corrected chi connectivity index (χ4v) is 1.85. The number of phenolic OH excluding ortho intramolecular Hbond substituents is 1. The molecule has 0 aliphatic carbocycles. The summed E-state index contributed by atoms with van der Waals surface area (Å²) in [6.07, 6.45) is 0.385. The van der Waals surface area contributed by atoms with Gasteiger partial charge in [-0.2, -0.15) is 0 Å². The summed E-state index contributed by atoms with van der Waals surface area (Å²) in [7, 11) is 0. The van der Waals surface area contributed by atoms with Crippen molar-refractivity contribution in [2.24, 2.45) is 5.73 Å². The number of anilines is 1. The Kier molecular flexibility index (Phi) is 5.97. The molecule has 0 aliphatic rings. The lowest BCUT2D eigenvalue weighted by Gasteiger charge is -2.15. The number of benzene rings is 1. The molecule has 0 unspecified atom stereocenters. The molecule has 1 aromatic carbocycles. The minimum Gasteiger partial charge on any atom is -0.505 e. The van der Waals surface area contributed by atoms with Crippen LogP contribution in [0.4, 0.5) is 5.69 Å². The van der Waals surface area contributed by atoms with E-state index in [4.69, 9.17) is 16.6 Å². The van der Waals surface area contributed by atoms with Crippen LogP contribution in [0.3, 0.4) is 0 Å². The maximum absolute atomic E-state index is 9.66. The van der Waals surface area contributed by atoms with Crippen LogP contribution in [0.1, 0.15) is 18.0 Å². The molecule has 1 rings (SSSR count). The number of nitrogen functional groups attached to an aromatic ring is 1. The standard InChI is InChI=1S/C9H13BrN2O2.ClH/c10-5-1-2-7(12)9(14)8(5)6(11)3-4-13;/h1-2,6,13-14H,3-4,11-12H2;1H/t6-;/m0./s1. The van der Waals surface area contributed by atoms with Gasteiger partial charge >= 0.3 is 0 Å². The van der Waals surface area contributed by atoms with Crippen molar-refractivity contribution < 1.29 is 10.2 Å². The van der Waals surface area contributed by atoms with Crippen molar-refractivity contribution in [2.45, 2.75) is 12.5 Å². The molecule has 0 aliphatic heterocycles. The highest BCUT2D eigenvalue weighted by atomic mass is 79.9. The maximum atomic E-state index is 9.66. The second-order valence-corrected chi connectivity index (χ2v) is 3.87. The number of phenols is 1. The Hall–Kier alpha value is -0.490. The fourth-order valence-electron chi connectivity index (χ4n) is 1.24. The van der Waals surface area contributed by atoms with Gasteiger partial charge < -0.3 is 21.7 Å². The van der Waals surface area contributed by atoms with E-state index in [1.807, 2.05) is 0 Å². The molecule has 86 valence electrons. The van der Waals surface area contributed by atoms with Gasteiger partial charge in [-0.05, 0) is 18.6 Å². The van der Waals surface area contributed by atoms with E-state index in [1.165, 1.54) is 0 Å². The molecule has 0 radical (unpaired) electrons. The van der Waals surface area contributed by atoms with Crippen LogP contribution in [0.2, 0.25) is 0 Å². The van der Waals surface area contributed by atoms with Gasteiger partial charge in [-0.1, -0.05) is 15.9 Å². The van der Waals surface area contributed by atoms with Crippen molar-refractivity contribution in [3.05, 3.63) is 22.2 Å². The third kappa shape index (κ3) is 3.24. The molecule has 4 nitrogen and oxygen atoms in total. The molecule has 6 heteroatoms. The molecule has 0 saturated heterocycles. The van der Waals surface area contributed by atoms with Crippen molar-refractivity contribution in [2.75, 3.05) is 12.3 Å². The Balaban J connectivity index is 0.00000196. The number of aromatic hydroxyl groups is 1. The zero-order valence-corrected chi connectivity index (χ0v) is 10.4. The van der Waals surface area contributed by atoms with Gasteiger partial charge in [0.15, 0.2) is 0 Å². The first kappa shape index (κ1) is 14.5. The molecule has 0 amide bonds. The van der Waals surface area contributed by atoms with E-state index in [9.17, 15) is 5.11 Å². The zero-order chi connectivity index (χ0) is 10.7. The van der Waals surface area contributed by atoms with Gasteiger partial charge in [-0.25, -0.2) is 0 Å². The lowest BCUT2D eigenvalue weighted by molar-refractivity contribution is 0.275. The Morgan fingerprint density at radius 3 is 2.53 bits per heavy atom. The normalized spacial score (nSPS) is 11.9. The summed E-state index contributed by atoms with van der Waals surface area (Å²) >= 11 is 3.27. The van der Waals surface area contributed by atoms with E-state index in [2.05, 4.69) is 15.9 Å². The number of hydrogen-bond acceptors (Lipinski definition) is 4. The van der Waals surface area contributed by atoms with E-state index in [-0.39, 0.29) is 30.5 Å². The predicted molar refractivity (Wildman–Crippen MR) is 66.1 cm³/mol. The SMILES string of the molecule is Cl.Nc1ccc(Br)c([C@@H](N)CCO)c1O. The van der Waals surface area contributed by atoms with Crippen LogP contribution in [0, 0.1) is 0 Å². The van der Waals surface area contributed by atoms with Gasteiger partial charge in [-0.3, -0.25) is 0 Å². The zero-order valence-electron chi connectivity index (χ0n) is 7.98. The molecule has 0 fully saturated rings. The predicted octanol–water partition coefficient (Wildman–Crippen LogP) is 1.54. The molecule has 1 atom stereocenters. The average Bonchev–Trinajstić information content (AvgIpc) is 2.13. The Morgan fingerprint density at radius 1 is 1.40 bits per heavy atom. The molecular formula is C9H14BrClN2O2. The number of hydrogen-bond donors (Lipinski definition) is 4. The first-order chi connectivity index (χ1) is 6.57. The van der Waals surface area contributed by atoms with Gasteiger partial charge in [-0.15, -0.1) is 12.4 Å². The van der Waals surface area contributed by atoms with E-state index >= 15 is 0 Å². The van der Waals surface area contributed by atoms with Gasteiger partial charge in [0.05, 0.1) is 5.69 Å². The van der Waals surface area contributed by atoms with Gasteiger partial charge in [0.25, 0.3) is 0 Å². The second kappa shape index (κ2) is 6.17. The number of aliphatic hydroxyl groups is 1. The molecule has 1 aromatic rings. The number of rotatable bonds is 3. The molecule has 0 spiro atoms. The monoisotopic (exact) mass is 296 g/mol. The van der Waals surface area contributed by atoms with Crippen molar-refractivity contribution in [1.82, 2.24) is 0 Å². The summed E-state index contributed by atoms with van der Waals surface area (Å²) in [5, 5.41) is 18.4. The molecule has 0 aromatic heterocycles. The average molecular weight is 298 g/mol. The molecule has 0 heterocycles. The van der Waals surface area contributed by atoms with Crippen LogP contribution in [-0.4, -0.2) is 16.8 Å². The number of nitrogens with two attached hydrogens (primary N) is 2. The van der Waals surface area contributed by atoms with E-state index in [0.29, 0.717) is 16.5 Å². The van der Waals surface area contributed by atoms with E-state index < -0.39 is 6.04 Å². The molecule has 0 bridgehead atoms. The van der Waals surface area contributed by atoms with Gasteiger partial charge in [0, 0.05) is 22.7 Å². The molecule has 6 N–H and O–H groups in total. The van der Waals surface area contributed by atoms with Crippen molar-refractivity contribution in [3.8, 4) is 5.75 Å². The summed E-state index contributed by atoms with van der Waals surface area (Å²) in [5.41, 5.74) is 12.1. The van der Waals surface area contributed by atoms with Crippen molar-refractivity contribution in [3.63, 3.8) is 0 Å². The second-order valence-electron chi connectivity index (χ2n) is 3.02. The van der Waals surface area contributed by atoms with E-state index in [0.717, 1.165) is 0 Å². The highest BCUT2D eigenvalue weighted by molar-refractivity contribution is 9.10. The first-order valence-electron chi connectivity index (χ1n) is 4.21. The van der Waals surface area contributed by atoms with Crippen LogP contribution in [-0.2, 0) is 0 Å². The van der Waals surface area contributed by atoms with Crippen LogP contribution < -0.4 is 11.5 Å². The minimum absolute atomic E-state index is 0. The first-order valence-corrected chi connectivity index (χ1v) is 5.00. The lowest BCUT2D eigenvalue weighted by Crippen LogP contribution is -2.13. The Labute approximate surface area is 103 Å². The minimum atomic E-state index is -0.419. The molecular weight excluding hydrogens is 283 g/mol. The maximum Gasteiger partial charge on any atom is 0.144 e. The van der Waals surface area contributed by atoms with Crippen LogP contribution in [0.25, 0.3) is 0 Å². The van der Waals surface area contributed by atoms with Crippen molar-refractivity contribution >= 4 is 34.0 Å². The quantitative estimate of drug-likeness (QED) is 0.503. The summed E-state index contributed by atoms with van der Waals surface area (Å²) in [5.74, 6) is -0.0136. The summed E-state index contributed by atoms with van der Waals surface area (Å²) in [6, 6.07) is 2.90. The third-order valence-corrected chi connectivity index (χ3v) is 2.70. The molecule has 0 saturated carbocycles. The summed E-state index contributed by atoms with van der Waals surface area (Å²) in [6.45, 7) is -0.0259. The third-order valence-electron chi connectivity index (χ3n) is 2.01. The topological polar surface area (TPSA) is 92.5 Å². The summed E-state index contributed by atoms with van der Waals surface area (Å²) in [4.78, 5) is 0. The Morgan fingerprint density at radius 2 is 2.00 bits per heavy atom. The fraction of sp³-hybridized carbons (Fsp3) is 0.333. The largest absolute Gasteiger partial charge is 0.505 e. The smallest absolute Gasteiger partial charge is 0.144 e. The van der Waals surface area contributed by atoms with Gasteiger partial charge in [0.1, 0.15) is 5.75 Å². The van der Waals surface area contributed by atoms with Crippen molar-refractivity contribution in [1.29, 1.82) is 0 Å². The number of aliphatic hydroxyl groups excluding tert-OH is 1.